The highest BCUT2D eigenvalue weighted by Gasteiger charge is 2.27. The minimum absolute atomic E-state index is 0.0800. The predicted octanol–water partition coefficient (Wildman–Crippen LogP) is 3.03. The topological polar surface area (TPSA) is 104 Å². The van der Waals surface area contributed by atoms with Crippen LogP contribution < -0.4 is 16.0 Å². The first-order chi connectivity index (χ1) is 16.8. The van der Waals surface area contributed by atoms with E-state index in [2.05, 4.69) is 16.0 Å². The van der Waals surface area contributed by atoms with Crippen LogP contribution in [0.25, 0.3) is 10.8 Å². The molecule has 0 fully saturated rings. The fraction of sp³-hybridized carbons (Fsp3) is 0.286. The van der Waals surface area contributed by atoms with E-state index in [0.29, 0.717) is 11.8 Å². The fourth-order valence-corrected chi connectivity index (χ4v) is 3.76. The Kier molecular flexibility index (Phi) is 8.73. The molecule has 3 N–H and O–H groups in total. The average Bonchev–Trinajstić information content (AvgIpc) is 2.87. The molecule has 0 aromatic heterocycles. The second-order valence-electron chi connectivity index (χ2n) is 8.88. The molecule has 7 heteroatoms. The lowest BCUT2D eigenvalue weighted by atomic mass is 9.98. The van der Waals surface area contributed by atoms with E-state index in [-0.39, 0.29) is 18.2 Å². The van der Waals surface area contributed by atoms with Crippen LogP contribution in [0, 0.1) is 5.92 Å². The monoisotopic (exact) mass is 473 g/mol. The minimum Gasteiger partial charge on any atom is -0.345 e. The molecular weight excluding hydrogens is 442 g/mol. The lowest BCUT2D eigenvalue weighted by molar-refractivity contribution is -0.130. The van der Waals surface area contributed by atoms with Gasteiger partial charge in [0.15, 0.2) is 0 Å². The number of nitrogens with one attached hydrogen (secondary N) is 3. The summed E-state index contributed by atoms with van der Waals surface area (Å²) >= 11 is 0. The fourth-order valence-electron chi connectivity index (χ4n) is 3.76. The van der Waals surface area contributed by atoms with E-state index in [0.717, 1.165) is 16.3 Å². The van der Waals surface area contributed by atoms with Crippen molar-refractivity contribution in [2.75, 3.05) is 0 Å². The number of fused-ring (bicyclic) bond motifs is 1. The van der Waals surface area contributed by atoms with Crippen molar-refractivity contribution >= 4 is 34.8 Å². The van der Waals surface area contributed by atoms with Crippen molar-refractivity contribution in [2.45, 2.75) is 45.3 Å². The minimum atomic E-state index is -0.921. The van der Waals surface area contributed by atoms with Crippen LogP contribution in [0.5, 0.6) is 0 Å². The standard InChI is InChI=1S/C28H31N3O4/c1-18(2)25(17-32)31-26(33)19(3)29-28(35)24(30-27(34)21-11-5-4-6-12-21)16-22-14-9-13-20-10-7-8-15-23(20)22/h4-15,17-19,24-25H,16H2,1-3H3,(H,29,35)(H,30,34)(H,31,33)/t19-,24+,25+/m0/s1. The maximum Gasteiger partial charge on any atom is 0.251 e. The Balaban J connectivity index is 1.81. The summed E-state index contributed by atoms with van der Waals surface area (Å²) in [7, 11) is 0. The van der Waals surface area contributed by atoms with Gasteiger partial charge in [-0.05, 0) is 41.3 Å². The molecule has 182 valence electrons. The molecule has 0 saturated heterocycles. The van der Waals surface area contributed by atoms with Crippen molar-refractivity contribution in [3.05, 3.63) is 83.9 Å². The molecule has 0 spiro atoms. The lowest BCUT2D eigenvalue weighted by Crippen LogP contribution is -2.55. The van der Waals surface area contributed by atoms with Gasteiger partial charge in [0.2, 0.25) is 11.8 Å². The van der Waals surface area contributed by atoms with E-state index in [1.807, 2.05) is 56.3 Å². The van der Waals surface area contributed by atoms with E-state index < -0.39 is 29.9 Å². The first-order valence-corrected chi connectivity index (χ1v) is 11.7. The third-order valence-electron chi connectivity index (χ3n) is 5.89. The summed E-state index contributed by atoms with van der Waals surface area (Å²) in [4.78, 5) is 50.0. The van der Waals surface area contributed by atoms with Gasteiger partial charge in [0.1, 0.15) is 18.4 Å². The van der Waals surface area contributed by atoms with E-state index in [4.69, 9.17) is 0 Å². The average molecular weight is 474 g/mol. The quantitative estimate of drug-likeness (QED) is 0.394. The molecule has 0 heterocycles. The molecule has 3 aromatic carbocycles. The van der Waals surface area contributed by atoms with Gasteiger partial charge in [0, 0.05) is 12.0 Å². The van der Waals surface area contributed by atoms with Crippen molar-refractivity contribution in [3.8, 4) is 0 Å². The van der Waals surface area contributed by atoms with Gasteiger partial charge in [-0.25, -0.2) is 0 Å². The van der Waals surface area contributed by atoms with E-state index >= 15 is 0 Å². The van der Waals surface area contributed by atoms with Gasteiger partial charge in [-0.15, -0.1) is 0 Å². The number of benzene rings is 3. The molecular formula is C28H31N3O4. The summed E-state index contributed by atoms with van der Waals surface area (Å²) in [5.41, 5.74) is 1.33. The largest absolute Gasteiger partial charge is 0.345 e. The van der Waals surface area contributed by atoms with Crippen molar-refractivity contribution in [1.82, 2.24) is 16.0 Å². The summed E-state index contributed by atoms with van der Waals surface area (Å²) in [5, 5.41) is 10.2. The third kappa shape index (κ3) is 6.76. The first-order valence-electron chi connectivity index (χ1n) is 11.7. The number of hydrogen-bond donors (Lipinski definition) is 3. The molecule has 3 atom stereocenters. The molecule has 0 aliphatic rings. The normalized spacial score (nSPS) is 13.5. The zero-order chi connectivity index (χ0) is 25.4. The second kappa shape index (κ2) is 11.9. The highest BCUT2D eigenvalue weighted by Crippen LogP contribution is 2.20. The van der Waals surface area contributed by atoms with E-state index in [1.54, 1.807) is 37.3 Å². The third-order valence-corrected chi connectivity index (χ3v) is 5.89. The van der Waals surface area contributed by atoms with Crippen molar-refractivity contribution in [2.24, 2.45) is 5.92 Å². The maximum absolute atomic E-state index is 13.3. The molecule has 0 aliphatic heterocycles. The van der Waals surface area contributed by atoms with Crippen LogP contribution in [-0.4, -0.2) is 42.1 Å². The van der Waals surface area contributed by atoms with Crippen molar-refractivity contribution < 1.29 is 19.2 Å². The zero-order valence-electron chi connectivity index (χ0n) is 20.2. The van der Waals surface area contributed by atoms with Gasteiger partial charge in [0.05, 0.1) is 6.04 Å². The molecule has 7 nitrogen and oxygen atoms in total. The Hall–Kier alpha value is -4.00. The van der Waals surface area contributed by atoms with Crippen LogP contribution in [0.2, 0.25) is 0 Å². The van der Waals surface area contributed by atoms with E-state index in [1.165, 1.54) is 0 Å². The lowest BCUT2D eigenvalue weighted by Gasteiger charge is -2.23. The number of hydrogen-bond acceptors (Lipinski definition) is 4. The van der Waals surface area contributed by atoms with Gasteiger partial charge in [-0.1, -0.05) is 74.5 Å². The molecule has 3 amide bonds. The maximum atomic E-state index is 13.3. The van der Waals surface area contributed by atoms with Crippen LogP contribution in [-0.2, 0) is 20.8 Å². The number of carbonyl (C=O) groups excluding carboxylic acids is 4. The molecule has 3 aromatic rings. The molecule has 35 heavy (non-hydrogen) atoms. The Morgan fingerprint density at radius 3 is 2.11 bits per heavy atom. The van der Waals surface area contributed by atoms with Gasteiger partial charge in [0.25, 0.3) is 5.91 Å². The smallest absolute Gasteiger partial charge is 0.251 e. The van der Waals surface area contributed by atoms with Gasteiger partial charge < -0.3 is 20.7 Å². The van der Waals surface area contributed by atoms with E-state index in [9.17, 15) is 19.2 Å². The molecule has 0 aliphatic carbocycles. The summed E-state index contributed by atoms with van der Waals surface area (Å²) in [6, 6.07) is 19.8. The Labute approximate surface area is 205 Å². The van der Waals surface area contributed by atoms with Gasteiger partial charge in [-0.2, -0.15) is 0 Å². The van der Waals surface area contributed by atoms with Crippen LogP contribution in [0.15, 0.2) is 72.8 Å². The van der Waals surface area contributed by atoms with Crippen LogP contribution in [0.3, 0.4) is 0 Å². The SMILES string of the molecule is CC(C)[C@@H](C=O)NC(=O)[C@H](C)NC(=O)[C@@H](Cc1cccc2ccccc12)NC(=O)c1ccccc1. The summed E-state index contributed by atoms with van der Waals surface area (Å²) in [6.45, 7) is 5.19. The zero-order valence-corrected chi connectivity index (χ0v) is 20.2. The van der Waals surface area contributed by atoms with Crippen LogP contribution in [0.4, 0.5) is 0 Å². The Morgan fingerprint density at radius 1 is 0.771 bits per heavy atom. The molecule has 0 saturated carbocycles. The molecule has 0 unspecified atom stereocenters. The van der Waals surface area contributed by atoms with Crippen LogP contribution >= 0.6 is 0 Å². The molecule has 0 radical (unpaired) electrons. The van der Waals surface area contributed by atoms with Crippen molar-refractivity contribution in [3.63, 3.8) is 0 Å². The Bertz CT molecular complexity index is 1190. The number of rotatable bonds is 10. The summed E-state index contributed by atoms with van der Waals surface area (Å²) < 4.78 is 0. The highest BCUT2D eigenvalue weighted by molar-refractivity contribution is 5.99. The number of carbonyl (C=O) groups is 4. The second-order valence-corrected chi connectivity index (χ2v) is 8.88. The number of aldehydes is 1. The highest BCUT2D eigenvalue weighted by atomic mass is 16.2. The van der Waals surface area contributed by atoms with Crippen molar-refractivity contribution in [1.29, 1.82) is 0 Å². The van der Waals surface area contributed by atoms with Crippen LogP contribution in [0.1, 0.15) is 36.7 Å². The Morgan fingerprint density at radius 2 is 1.43 bits per heavy atom. The predicted molar refractivity (Wildman–Crippen MR) is 136 cm³/mol. The molecule has 3 rings (SSSR count). The molecule has 0 bridgehead atoms. The summed E-state index contributed by atoms with van der Waals surface area (Å²) in [5.74, 6) is -1.42. The summed E-state index contributed by atoms with van der Waals surface area (Å²) in [6.07, 6.45) is 0.920. The van der Waals surface area contributed by atoms with Gasteiger partial charge >= 0.3 is 0 Å². The van der Waals surface area contributed by atoms with Gasteiger partial charge in [-0.3, -0.25) is 14.4 Å². The first kappa shape index (κ1) is 25.6. The number of amides is 3.